The molecule has 0 saturated carbocycles. The molecule has 1 unspecified atom stereocenters. The van der Waals surface area contributed by atoms with Crippen LogP contribution in [0, 0.1) is 0 Å². The number of hydrogen-bond acceptors (Lipinski definition) is 6. The van der Waals surface area contributed by atoms with E-state index in [1.807, 2.05) is 0 Å². The first kappa shape index (κ1) is 18.3. The minimum atomic E-state index is -1.43. The standard InChI is InChI=1S/C12H23N3O5/c1-5-20-12(18)10(13)11(17)15(6-7-19-4)8-9(16)14(2)3/h10H,5-8,13H2,1-4H3. The third-order valence-corrected chi connectivity index (χ3v) is 2.51. The van der Waals surface area contributed by atoms with Gasteiger partial charge in [0.15, 0.2) is 6.04 Å². The molecule has 0 heterocycles. The lowest BCUT2D eigenvalue weighted by atomic mass is 10.2. The maximum Gasteiger partial charge on any atom is 0.332 e. The van der Waals surface area contributed by atoms with Crippen LogP contribution in [0.3, 0.4) is 0 Å². The van der Waals surface area contributed by atoms with Gasteiger partial charge in [0, 0.05) is 27.7 Å². The molecule has 0 bridgehead atoms. The molecule has 0 aromatic heterocycles. The molecule has 0 radical (unpaired) electrons. The van der Waals surface area contributed by atoms with Crippen molar-refractivity contribution >= 4 is 17.8 Å². The highest BCUT2D eigenvalue weighted by molar-refractivity contribution is 6.02. The van der Waals surface area contributed by atoms with Crippen molar-refractivity contribution in [1.29, 1.82) is 0 Å². The van der Waals surface area contributed by atoms with Gasteiger partial charge in [0.2, 0.25) is 5.91 Å². The second kappa shape index (κ2) is 9.27. The predicted octanol–water partition coefficient (Wildman–Crippen LogP) is -1.56. The van der Waals surface area contributed by atoms with E-state index in [4.69, 9.17) is 15.2 Å². The summed E-state index contributed by atoms with van der Waals surface area (Å²) in [5, 5.41) is 0. The Hall–Kier alpha value is -1.67. The molecule has 0 aromatic rings. The molecule has 0 aliphatic carbocycles. The number of rotatable bonds is 8. The van der Waals surface area contributed by atoms with E-state index in [-0.39, 0.29) is 32.2 Å². The number of methoxy groups -OCH3 is 1. The molecular weight excluding hydrogens is 266 g/mol. The molecule has 0 aromatic carbocycles. The Balaban J connectivity index is 4.78. The largest absolute Gasteiger partial charge is 0.464 e. The molecule has 0 aliphatic rings. The van der Waals surface area contributed by atoms with Crippen LogP contribution in [-0.4, -0.2) is 81.1 Å². The Morgan fingerprint density at radius 2 is 1.85 bits per heavy atom. The first-order chi connectivity index (χ1) is 9.34. The first-order valence-electron chi connectivity index (χ1n) is 6.25. The van der Waals surface area contributed by atoms with Crippen LogP contribution in [0.25, 0.3) is 0 Å². The van der Waals surface area contributed by atoms with E-state index in [9.17, 15) is 14.4 Å². The quantitative estimate of drug-likeness (QED) is 0.428. The highest BCUT2D eigenvalue weighted by Crippen LogP contribution is 1.98. The SMILES string of the molecule is CCOC(=O)C(N)C(=O)N(CCOC)CC(=O)N(C)C. The fourth-order valence-electron chi connectivity index (χ4n) is 1.30. The van der Waals surface area contributed by atoms with Crippen molar-refractivity contribution in [3.05, 3.63) is 0 Å². The Kier molecular flexibility index (Phi) is 8.49. The molecular formula is C12H23N3O5. The minimum absolute atomic E-state index is 0.133. The number of esters is 1. The Bertz CT molecular complexity index is 346. The van der Waals surface area contributed by atoms with Gasteiger partial charge in [0.25, 0.3) is 5.91 Å². The van der Waals surface area contributed by atoms with Gasteiger partial charge in [-0.1, -0.05) is 0 Å². The lowest BCUT2D eigenvalue weighted by molar-refractivity contribution is -0.152. The molecule has 8 nitrogen and oxygen atoms in total. The summed E-state index contributed by atoms with van der Waals surface area (Å²) in [7, 11) is 4.63. The summed E-state index contributed by atoms with van der Waals surface area (Å²) >= 11 is 0. The Morgan fingerprint density at radius 1 is 1.25 bits per heavy atom. The maximum absolute atomic E-state index is 12.1. The van der Waals surface area contributed by atoms with Crippen LogP contribution in [0.1, 0.15) is 6.92 Å². The van der Waals surface area contributed by atoms with Crippen molar-refractivity contribution in [2.75, 3.05) is 47.5 Å². The molecule has 20 heavy (non-hydrogen) atoms. The summed E-state index contributed by atoms with van der Waals surface area (Å²) in [5.74, 6) is -1.74. The van der Waals surface area contributed by atoms with Crippen molar-refractivity contribution in [3.8, 4) is 0 Å². The van der Waals surface area contributed by atoms with E-state index in [1.165, 1.54) is 16.9 Å². The van der Waals surface area contributed by atoms with E-state index >= 15 is 0 Å². The lowest BCUT2D eigenvalue weighted by Crippen LogP contribution is -2.52. The fourth-order valence-corrected chi connectivity index (χ4v) is 1.30. The van der Waals surface area contributed by atoms with E-state index in [1.54, 1.807) is 21.0 Å². The van der Waals surface area contributed by atoms with E-state index in [0.29, 0.717) is 0 Å². The van der Waals surface area contributed by atoms with E-state index in [2.05, 4.69) is 0 Å². The second-order valence-corrected chi connectivity index (χ2v) is 4.27. The van der Waals surface area contributed by atoms with Crippen LogP contribution < -0.4 is 5.73 Å². The third-order valence-electron chi connectivity index (χ3n) is 2.51. The van der Waals surface area contributed by atoms with Gasteiger partial charge in [-0.15, -0.1) is 0 Å². The summed E-state index contributed by atoms with van der Waals surface area (Å²) in [6.07, 6.45) is 0. The van der Waals surface area contributed by atoms with Crippen molar-refractivity contribution in [1.82, 2.24) is 9.80 Å². The van der Waals surface area contributed by atoms with Crippen molar-refractivity contribution < 1.29 is 23.9 Å². The zero-order valence-electron chi connectivity index (χ0n) is 12.4. The van der Waals surface area contributed by atoms with Gasteiger partial charge in [-0.3, -0.25) is 9.59 Å². The van der Waals surface area contributed by atoms with Gasteiger partial charge in [0.1, 0.15) is 0 Å². The molecule has 0 fully saturated rings. The van der Waals surface area contributed by atoms with E-state index < -0.39 is 17.9 Å². The van der Waals surface area contributed by atoms with Crippen LogP contribution in [0.2, 0.25) is 0 Å². The van der Waals surface area contributed by atoms with Crippen LogP contribution in [0.15, 0.2) is 0 Å². The molecule has 0 rings (SSSR count). The molecule has 0 spiro atoms. The lowest BCUT2D eigenvalue weighted by Gasteiger charge is -2.25. The van der Waals surface area contributed by atoms with Gasteiger partial charge < -0.3 is 25.0 Å². The van der Waals surface area contributed by atoms with Crippen LogP contribution in [0.4, 0.5) is 0 Å². The average molecular weight is 289 g/mol. The highest BCUT2D eigenvalue weighted by atomic mass is 16.5. The number of amides is 2. The number of likely N-dealkylation sites (N-methyl/N-ethyl adjacent to an activating group) is 1. The van der Waals surface area contributed by atoms with Crippen LogP contribution >= 0.6 is 0 Å². The van der Waals surface area contributed by atoms with Gasteiger partial charge in [-0.05, 0) is 6.92 Å². The summed E-state index contributed by atoms with van der Waals surface area (Å²) in [5.41, 5.74) is 5.54. The fraction of sp³-hybridized carbons (Fsp3) is 0.750. The predicted molar refractivity (Wildman–Crippen MR) is 71.8 cm³/mol. The minimum Gasteiger partial charge on any atom is -0.464 e. The summed E-state index contributed by atoms with van der Waals surface area (Å²) in [4.78, 5) is 37.8. The number of carbonyl (C=O) groups excluding carboxylic acids is 3. The molecule has 1 atom stereocenters. The zero-order valence-corrected chi connectivity index (χ0v) is 12.4. The van der Waals surface area contributed by atoms with Crippen LogP contribution in [0.5, 0.6) is 0 Å². The van der Waals surface area contributed by atoms with Gasteiger partial charge in [-0.25, -0.2) is 4.79 Å². The number of carbonyl (C=O) groups is 3. The number of ether oxygens (including phenoxy) is 2. The van der Waals surface area contributed by atoms with E-state index in [0.717, 1.165) is 0 Å². The van der Waals surface area contributed by atoms with Gasteiger partial charge in [0.05, 0.1) is 19.8 Å². The van der Waals surface area contributed by atoms with Gasteiger partial charge >= 0.3 is 5.97 Å². The van der Waals surface area contributed by atoms with Crippen LogP contribution in [-0.2, 0) is 23.9 Å². The smallest absolute Gasteiger partial charge is 0.332 e. The van der Waals surface area contributed by atoms with Gasteiger partial charge in [-0.2, -0.15) is 0 Å². The number of hydrogen-bond donors (Lipinski definition) is 1. The van der Waals surface area contributed by atoms with Crippen molar-refractivity contribution in [3.63, 3.8) is 0 Å². The topological polar surface area (TPSA) is 102 Å². The van der Waals surface area contributed by atoms with Crippen molar-refractivity contribution in [2.24, 2.45) is 5.73 Å². The summed E-state index contributed by atoms with van der Waals surface area (Å²) in [6.45, 7) is 1.99. The zero-order chi connectivity index (χ0) is 15.7. The molecule has 0 saturated heterocycles. The molecule has 0 aliphatic heterocycles. The Labute approximate surface area is 118 Å². The highest BCUT2D eigenvalue weighted by Gasteiger charge is 2.29. The molecule has 116 valence electrons. The first-order valence-corrected chi connectivity index (χ1v) is 6.25. The molecule has 2 N–H and O–H groups in total. The summed E-state index contributed by atoms with van der Waals surface area (Å²) in [6, 6.07) is -1.43. The maximum atomic E-state index is 12.1. The third kappa shape index (κ3) is 5.98. The number of nitrogens with two attached hydrogens (primary N) is 1. The normalized spacial score (nSPS) is 11.7. The molecule has 8 heteroatoms. The molecule has 2 amide bonds. The second-order valence-electron chi connectivity index (χ2n) is 4.27. The van der Waals surface area contributed by atoms with Crippen molar-refractivity contribution in [2.45, 2.75) is 13.0 Å². The summed E-state index contributed by atoms with van der Waals surface area (Å²) < 4.78 is 9.57. The monoisotopic (exact) mass is 289 g/mol. The Morgan fingerprint density at radius 3 is 2.30 bits per heavy atom. The number of nitrogens with zero attached hydrogens (tertiary/aromatic N) is 2. The average Bonchev–Trinajstić information content (AvgIpc) is 2.41.